The normalized spacial score (nSPS) is 10.4. The molecule has 0 unspecified atom stereocenters. The summed E-state index contributed by atoms with van der Waals surface area (Å²) >= 11 is 6.00. The zero-order chi connectivity index (χ0) is 13.9. The minimum atomic E-state index is 0.595. The van der Waals surface area contributed by atoms with Crippen molar-refractivity contribution in [2.45, 2.75) is 0 Å². The van der Waals surface area contributed by atoms with Crippen molar-refractivity contribution in [2.24, 2.45) is 0 Å². The summed E-state index contributed by atoms with van der Waals surface area (Å²) in [6, 6.07) is 15.0. The topological polar surface area (TPSA) is 34.9 Å². The molecule has 0 radical (unpaired) electrons. The number of carbonyl (C=O) groups excluding carboxylic acids is 1. The molecule has 3 aromatic rings. The molecule has 3 rings (SSSR count). The number of nitrogens with zero attached hydrogens (tertiary/aromatic N) is 2. The quantitative estimate of drug-likeness (QED) is 0.681. The Labute approximate surface area is 121 Å². The second kappa shape index (κ2) is 5.31. The molecule has 1 heterocycles. The molecular formula is C16H11ClN2O. The lowest BCUT2D eigenvalue weighted by Gasteiger charge is -2.03. The average molecular weight is 283 g/mol. The van der Waals surface area contributed by atoms with Crippen molar-refractivity contribution in [1.82, 2.24) is 9.78 Å². The molecule has 0 bridgehead atoms. The molecule has 98 valence electrons. The largest absolute Gasteiger partial charge is 0.298 e. The third kappa shape index (κ3) is 2.36. The highest BCUT2D eigenvalue weighted by molar-refractivity contribution is 6.31. The fourth-order valence-electron chi connectivity index (χ4n) is 2.07. The number of rotatable bonds is 3. The van der Waals surface area contributed by atoms with E-state index < -0.39 is 0 Å². The van der Waals surface area contributed by atoms with E-state index in [1.165, 1.54) is 0 Å². The van der Waals surface area contributed by atoms with E-state index in [1.54, 1.807) is 29.1 Å². The van der Waals surface area contributed by atoms with Gasteiger partial charge in [-0.15, -0.1) is 0 Å². The highest BCUT2D eigenvalue weighted by atomic mass is 35.5. The number of hydrogen-bond donors (Lipinski definition) is 0. The van der Waals surface area contributed by atoms with E-state index in [-0.39, 0.29) is 0 Å². The monoisotopic (exact) mass is 282 g/mol. The van der Waals surface area contributed by atoms with Crippen molar-refractivity contribution < 1.29 is 4.79 Å². The number of para-hydroxylation sites is 1. The minimum Gasteiger partial charge on any atom is -0.298 e. The number of halogens is 1. The van der Waals surface area contributed by atoms with Gasteiger partial charge in [-0.2, -0.15) is 5.10 Å². The summed E-state index contributed by atoms with van der Waals surface area (Å²) in [6.45, 7) is 0. The van der Waals surface area contributed by atoms with Crippen molar-refractivity contribution in [3.8, 4) is 16.8 Å². The second-order valence-electron chi connectivity index (χ2n) is 4.36. The smallest absolute Gasteiger partial charge is 0.150 e. The van der Waals surface area contributed by atoms with Crippen molar-refractivity contribution in [1.29, 1.82) is 0 Å². The third-order valence-electron chi connectivity index (χ3n) is 3.06. The van der Waals surface area contributed by atoms with Crippen molar-refractivity contribution in [3.63, 3.8) is 0 Å². The van der Waals surface area contributed by atoms with Crippen LogP contribution in [0.3, 0.4) is 0 Å². The van der Waals surface area contributed by atoms with Gasteiger partial charge in [0, 0.05) is 22.3 Å². The fraction of sp³-hybridized carbons (Fsp3) is 0. The van der Waals surface area contributed by atoms with Crippen LogP contribution >= 0.6 is 11.6 Å². The molecule has 0 fully saturated rings. The van der Waals surface area contributed by atoms with Crippen molar-refractivity contribution in [3.05, 3.63) is 71.5 Å². The molecule has 4 heteroatoms. The van der Waals surface area contributed by atoms with Gasteiger partial charge in [-0.3, -0.25) is 4.79 Å². The molecule has 0 spiro atoms. The molecule has 0 aliphatic rings. The Kier molecular flexibility index (Phi) is 3.35. The number of carbonyl (C=O) groups is 1. The van der Waals surface area contributed by atoms with Crippen molar-refractivity contribution >= 4 is 17.9 Å². The Balaban J connectivity index is 2.07. The average Bonchev–Trinajstić information content (AvgIpc) is 2.98. The van der Waals surface area contributed by atoms with Gasteiger partial charge >= 0.3 is 0 Å². The molecule has 0 atom stereocenters. The summed E-state index contributed by atoms with van der Waals surface area (Å²) in [7, 11) is 0. The maximum Gasteiger partial charge on any atom is 0.150 e. The number of benzene rings is 2. The third-order valence-corrected chi connectivity index (χ3v) is 3.29. The summed E-state index contributed by atoms with van der Waals surface area (Å²) < 4.78 is 1.77. The molecular weight excluding hydrogens is 272 g/mol. The Morgan fingerprint density at radius 2 is 1.90 bits per heavy atom. The van der Waals surface area contributed by atoms with Gasteiger partial charge in [0.15, 0.2) is 6.29 Å². The van der Waals surface area contributed by atoms with Crippen LogP contribution < -0.4 is 0 Å². The van der Waals surface area contributed by atoms with Crippen LogP contribution in [0.25, 0.3) is 16.8 Å². The van der Waals surface area contributed by atoms with E-state index >= 15 is 0 Å². The lowest BCUT2D eigenvalue weighted by Crippen LogP contribution is -1.92. The molecule has 3 nitrogen and oxygen atoms in total. The van der Waals surface area contributed by atoms with Gasteiger partial charge in [-0.1, -0.05) is 29.8 Å². The van der Waals surface area contributed by atoms with Crippen LogP contribution in [0.2, 0.25) is 5.02 Å². The summed E-state index contributed by atoms with van der Waals surface area (Å²) in [6.07, 6.45) is 4.44. The lowest BCUT2D eigenvalue weighted by atomic mass is 10.0. The van der Waals surface area contributed by atoms with Gasteiger partial charge in [0.25, 0.3) is 0 Å². The predicted molar refractivity (Wildman–Crippen MR) is 79.4 cm³/mol. The summed E-state index contributed by atoms with van der Waals surface area (Å²) in [5.74, 6) is 0. The lowest BCUT2D eigenvalue weighted by molar-refractivity contribution is 0.112. The number of aldehydes is 1. The predicted octanol–water partition coefficient (Wildman–Crippen LogP) is 4.01. The molecule has 0 saturated carbocycles. The van der Waals surface area contributed by atoms with Crippen LogP contribution in [0, 0.1) is 0 Å². The first-order chi connectivity index (χ1) is 9.78. The molecule has 0 amide bonds. The maximum atomic E-state index is 11.1. The van der Waals surface area contributed by atoms with E-state index in [1.807, 2.05) is 36.5 Å². The van der Waals surface area contributed by atoms with Crippen LogP contribution in [-0.4, -0.2) is 16.1 Å². The van der Waals surface area contributed by atoms with Gasteiger partial charge in [0.2, 0.25) is 0 Å². The molecule has 0 aliphatic carbocycles. The zero-order valence-corrected chi connectivity index (χ0v) is 11.3. The van der Waals surface area contributed by atoms with E-state index in [9.17, 15) is 4.79 Å². The van der Waals surface area contributed by atoms with Gasteiger partial charge < -0.3 is 0 Å². The molecule has 2 aromatic carbocycles. The highest BCUT2D eigenvalue weighted by Crippen LogP contribution is 2.26. The number of hydrogen-bond acceptors (Lipinski definition) is 2. The van der Waals surface area contributed by atoms with E-state index in [2.05, 4.69) is 5.10 Å². The van der Waals surface area contributed by atoms with Gasteiger partial charge in [-0.25, -0.2) is 4.68 Å². The van der Waals surface area contributed by atoms with Crippen LogP contribution in [0.15, 0.2) is 60.9 Å². The summed E-state index contributed by atoms with van der Waals surface area (Å²) in [5.41, 5.74) is 3.21. The second-order valence-corrected chi connectivity index (χ2v) is 4.79. The zero-order valence-electron chi connectivity index (χ0n) is 10.5. The van der Waals surface area contributed by atoms with Crippen LogP contribution in [0.5, 0.6) is 0 Å². The van der Waals surface area contributed by atoms with Crippen LogP contribution in [0.1, 0.15) is 10.4 Å². The van der Waals surface area contributed by atoms with Crippen molar-refractivity contribution in [2.75, 3.05) is 0 Å². The fourth-order valence-corrected chi connectivity index (χ4v) is 2.24. The van der Waals surface area contributed by atoms with E-state index in [4.69, 9.17) is 11.6 Å². The van der Waals surface area contributed by atoms with Gasteiger partial charge in [0.05, 0.1) is 11.9 Å². The molecule has 1 aromatic heterocycles. The molecule has 0 aliphatic heterocycles. The minimum absolute atomic E-state index is 0.595. The standard InChI is InChI=1S/C16H11ClN2O/c17-14-7-6-12(11-20)16(8-14)13-9-18-19(10-13)15-4-2-1-3-5-15/h1-11H. The number of aromatic nitrogens is 2. The SMILES string of the molecule is O=Cc1ccc(Cl)cc1-c1cnn(-c2ccccc2)c1. The summed E-state index contributed by atoms with van der Waals surface area (Å²) in [5, 5.41) is 4.92. The summed E-state index contributed by atoms with van der Waals surface area (Å²) in [4.78, 5) is 11.1. The van der Waals surface area contributed by atoms with E-state index in [0.717, 1.165) is 23.1 Å². The van der Waals surface area contributed by atoms with Crippen LogP contribution in [0.4, 0.5) is 0 Å². The van der Waals surface area contributed by atoms with Gasteiger partial charge in [-0.05, 0) is 35.9 Å². The molecule has 20 heavy (non-hydrogen) atoms. The first kappa shape index (κ1) is 12.6. The molecule has 0 N–H and O–H groups in total. The Bertz CT molecular complexity index is 750. The Morgan fingerprint density at radius 1 is 1.10 bits per heavy atom. The highest BCUT2D eigenvalue weighted by Gasteiger charge is 2.08. The van der Waals surface area contributed by atoms with E-state index in [0.29, 0.717) is 10.6 Å². The maximum absolute atomic E-state index is 11.1. The van der Waals surface area contributed by atoms with Crippen LogP contribution in [-0.2, 0) is 0 Å². The molecule has 0 saturated heterocycles. The van der Waals surface area contributed by atoms with Gasteiger partial charge in [0.1, 0.15) is 0 Å². The first-order valence-corrected chi connectivity index (χ1v) is 6.51. The Morgan fingerprint density at radius 3 is 2.65 bits per heavy atom. The Hall–Kier alpha value is -2.39. The first-order valence-electron chi connectivity index (χ1n) is 6.13.